The molecule has 0 radical (unpaired) electrons. The molecule has 1 atom stereocenters. The number of anilines is 1. The highest BCUT2D eigenvalue weighted by atomic mass is 32.1. The van der Waals surface area contributed by atoms with Gasteiger partial charge in [0.1, 0.15) is 6.61 Å². The van der Waals surface area contributed by atoms with Crippen molar-refractivity contribution in [2.45, 2.75) is 20.0 Å². The average Bonchev–Trinajstić information content (AvgIpc) is 3.11. The van der Waals surface area contributed by atoms with E-state index in [0.29, 0.717) is 23.2 Å². The Bertz CT molecular complexity index is 1050. The molecular formula is C22H25N3O3S. The number of carbonyl (C=O) groups excluding carboxylic acids is 1. The zero-order valence-electron chi connectivity index (χ0n) is 17.1. The number of hydrogen-bond acceptors (Lipinski definition) is 6. The highest BCUT2D eigenvalue weighted by molar-refractivity contribution is 7.22. The molecule has 6 nitrogen and oxygen atoms in total. The lowest BCUT2D eigenvalue weighted by molar-refractivity contribution is -0.127. The molecule has 0 unspecified atom stereocenters. The van der Waals surface area contributed by atoms with E-state index >= 15 is 0 Å². The molecule has 1 aliphatic heterocycles. The van der Waals surface area contributed by atoms with Gasteiger partial charge in [-0.1, -0.05) is 29.5 Å². The van der Waals surface area contributed by atoms with Crippen molar-refractivity contribution in [1.29, 1.82) is 0 Å². The standard InChI is InChI=1S/C22H25N3O3S/c1-14-11-15(2)20-19(12-14)29-22(23-20)25(10-9-24(3)4)21(26)18-13-27-16-7-5-6-8-17(16)28-18/h5-8,11-12,18H,9-10,13H2,1-4H3/t18-/m0/s1. The van der Waals surface area contributed by atoms with Crippen LogP contribution in [0.25, 0.3) is 10.2 Å². The number of likely N-dealkylation sites (N-methyl/N-ethyl adjacent to an activating group) is 1. The van der Waals surface area contributed by atoms with E-state index in [2.05, 4.69) is 30.9 Å². The van der Waals surface area contributed by atoms with E-state index in [-0.39, 0.29) is 12.5 Å². The molecule has 0 saturated carbocycles. The predicted octanol–water partition coefficient (Wildman–Crippen LogP) is 3.65. The van der Waals surface area contributed by atoms with Crippen LogP contribution in [0.3, 0.4) is 0 Å². The number of para-hydroxylation sites is 2. The lowest BCUT2D eigenvalue weighted by Crippen LogP contribution is -2.48. The van der Waals surface area contributed by atoms with Crippen molar-refractivity contribution in [3.8, 4) is 11.5 Å². The Morgan fingerprint density at radius 1 is 1.17 bits per heavy atom. The van der Waals surface area contributed by atoms with E-state index in [9.17, 15) is 4.79 Å². The number of aromatic nitrogens is 1. The Hall–Kier alpha value is -2.64. The SMILES string of the molecule is Cc1cc(C)c2nc(N(CCN(C)C)C(=O)[C@@H]3COc4ccccc4O3)sc2c1. The minimum atomic E-state index is -0.693. The molecule has 4 rings (SSSR count). The van der Waals surface area contributed by atoms with Crippen LogP contribution in [0, 0.1) is 13.8 Å². The first-order valence-corrected chi connectivity index (χ1v) is 10.5. The number of ether oxygens (including phenoxy) is 2. The fourth-order valence-corrected chi connectivity index (χ4v) is 4.56. The molecule has 0 N–H and O–H groups in total. The second kappa shape index (κ2) is 8.00. The molecule has 1 aromatic heterocycles. The molecule has 152 valence electrons. The molecule has 0 bridgehead atoms. The zero-order valence-corrected chi connectivity index (χ0v) is 18.0. The number of hydrogen-bond donors (Lipinski definition) is 0. The van der Waals surface area contributed by atoms with Gasteiger partial charge in [0.25, 0.3) is 5.91 Å². The van der Waals surface area contributed by atoms with E-state index in [4.69, 9.17) is 14.5 Å². The molecule has 2 heterocycles. The molecule has 1 aliphatic rings. The normalized spacial score (nSPS) is 15.7. The van der Waals surface area contributed by atoms with Crippen LogP contribution in [0.1, 0.15) is 11.1 Å². The molecule has 0 saturated heterocycles. The van der Waals surface area contributed by atoms with Crippen LogP contribution in [0.5, 0.6) is 11.5 Å². The van der Waals surface area contributed by atoms with E-state index in [1.165, 1.54) is 5.56 Å². The van der Waals surface area contributed by atoms with E-state index in [1.807, 2.05) is 38.4 Å². The number of thiazole rings is 1. The zero-order chi connectivity index (χ0) is 20.5. The van der Waals surface area contributed by atoms with Gasteiger partial charge in [0.05, 0.1) is 10.2 Å². The quantitative estimate of drug-likeness (QED) is 0.642. The predicted molar refractivity (Wildman–Crippen MR) is 116 cm³/mol. The van der Waals surface area contributed by atoms with Crippen molar-refractivity contribution >= 4 is 32.6 Å². The topological polar surface area (TPSA) is 54.9 Å². The van der Waals surface area contributed by atoms with Crippen molar-refractivity contribution < 1.29 is 14.3 Å². The molecular weight excluding hydrogens is 386 g/mol. The number of aryl methyl sites for hydroxylation is 2. The van der Waals surface area contributed by atoms with Crippen LogP contribution in [-0.2, 0) is 4.79 Å². The molecule has 0 spiro atoms. The first kappa shape index (κ1) is 19.7. The average molecular weight is 412 g/mol. The smallest absolute Gasteiger partial charge is 0.273 e. The van der Waals surface area contributed by atoms with Gasteiger partial charge in [0.15, 0.2) is 16.6 Å². The van der Waals surface area contributed by atoms with Crippen LogP contribution in [-0.4, -0.2) is 55.7 Å². The second-order valence-corrected chi connectivity index (χ2v) is 8.59. The molecule has 2 aromatic carbocycles. The van der Waals surface area contributed by atoms with E-state index in [1.54, 1.807) is 16.2 Å². The summed E-state index contributed by atoms with van der Waals surface area (Å²) in [6, 6.07) is 11.7. The van der Waals surface area contributed by atoms with Crippen molar-refractivity contribution in [2.24, 2.45) is 0 Å². The molecule has 0 fully saturated rings. The summed E-state index contributed by atoms with van der Waals surface area (Å²) in [5.74, 6) is 1.14. The summed E-state index contributed by atoms with van der Waals surface area (Å²) in [4.78, 5) is 22.0. The summed E-state index contributed by atoms with van der Waals surface area (Å²) in [6.07, 6.45) is -0.693. The minimum Gasteiger partial charge on any atom is -0.485 e. The number of benzene rings is 2. The third kappa shape index (κ3) is 4.06. The fourth-order valence-electron chi connectivity index (χ4n) is 3.39. The summed E-state index contributed by atoms with van der Waals surface area (Å²) in [7, 11) is 3.98. The largest absolute Gasteiger partial charge is 0.485 e. The van der Waals surface area contributed by atoms with Crippen molar-refractivity contribution in [2.75, 3.05) is 38.7 Å². The van der Waals surface area contributed by atoms with Crippen LogP contribution in [0.15, 0.2) is 36.4 Å². The highest BCUT2D eigenvalue weighted by Gasteiger charge is 2.33. The van der Waals surface area contributed by atoms with Gasteiger partial charge in [-0.15, -0.1) is 0 Å². The number of rotatable bonds is 5. The highest BCUT2D eigenvalue weighted by Crippen LogP contribution is 2.34. The van der Waals surface area contributed by atoms with Gasteiger partial charge in [-0.2, -0.15) is 0 Å². The Kier molecular flexibility index (Phi) is 5.43. The molecule has 3 aromatic rings. The number of amides is 1. The lowest BCUT2D eigenvalue weighted by atomic mass is 10.1. The lowest BCUT2D eigenvalue weighted by Gasteiger charge is -2.30. The Labute approximate surface area is 174 Å². The molecule has 1 amide bonds. The Morgan fingerprint density at radius 3 is 2.69 bits per heavy atom. The Morgan fingerprint density at radius 2 is 1.93 bits per heavy atom. The summed E-state index contributed by atoms with van der Waals surface area (Å²) in [5, 5.41) is 0.697. The van der Waals surface area contributed by atoms with Crippen molar-refractivity contribution in [3.63, 3.8) is 0 Å². The molecule has 7 heteroatoms. The molecule has 0 aliphatic carbocycles. The first-order chi connectivity index (χ1) is 13.9. The van der Waals surface area contributed by atoms with Crippen LogP contribution >= 0.6 is 11.3 Å². The Balaban J connectivity index is 1.65. The fraction of sp³-hybridized carbons (Fsp3) is 0.364. The number of fused-ring (bicyclic) bond motifs is 2. The number of carbonyl (C=O) groups is 1. The maximum atomic E-state index is 13.4. The summed E-state index contributed by atoms with van der Waals surface area (Å²) in [5.41, 5.74) is 3.26. The maximum Gasteiger partial charge on any atom is 0.273 e. The first-order valence-electron chi connectivity index (χ1n) is 9.65. The number of nitrogens with zero attached hydrogens (tertiary/aromatic N) is 3. The van der Waals surface area contributed by atoms with Gasteiger partial charge in [-0.05, 0) is 57.3 Å². The van der Waals surface area contributed by atoms with E-state index in [0.717, 1.165) is 22.3 Å². The maximum absolute atomic E-state index is 13.4. The van der Waals surface area contributed by atoms with Crippen molar-refractivity contribution in [3.05, 3.63) is 47.5 Å². The van der Waals surface area contributed by atoms with E-state index < -0.39 is 6.10 Å². The molecule has 29 heavy (non-hydrogen) atoms. The third-order valence-electron chi connectivity index (χ3n) is 4.87. The third-order valence-corrected chi connectivity index (χ3v) is 5.90. The minimum absolute atomic E-state index is 0.130. The monoisotopic (exact) mass is 411 g/mol. The summed E-state index contributed by atoms with van der Waals surface area (Å²) < 4.78 is 12.8. The van der Waals surface area contributed by atoms with Gasteiger partial charge in [0, 0.05) is 13.1 Å². The van der Waals surface area contributed by atoms with Gasteiger partial charge in [-0.25, -0.2) is 4.98 Å². The second-order valence-electron chi connectivity index (χ2n) is 7.58. The van der Waals surface area contributed by atoms with Crippen LogP contribution in [0.2, 0.25) is 0 Å². The van der Waals surface area contributed by atoms with Gasteiger partial charge < -0.3 is 14.4 Å². The summed E-state index contributed by atoms with van der Waals surface area (Å²) in [6.45, 7) is 5.58. The van der Waals surface area contributed by atoms with Crippen LogP contribution < -0.4 is 14.4 Å². The van der Waals surface area contributed by atoms with Gasteiger partial charge in [0.2, 0.25) is 6.10 Å². The summed E-state index contributed by atoms with van der Waals surface area (Å²) >= 11 is 1.54. The van der Waals surface area contributed by atoms with Gasteiger partial charge in [-0.3, -0.25) is 9.69 Å². The van der Waals surface area contributed by atoms with Crippen molar-refractivity contribution in [1.82, 2.24) is 9.88 Å². The van der Waals surface area contributed by atoms with Gasteiger partial charge >= 0.3 is 0 Å². The van der Waals surface area contributed by atoms with Crippen LogP contribution in [0.4, 0.5) is 5.13 Å².